The molecular formula is C10H15NO3. The van der Waals surface area contributed by atoms with Crippen LogP contribution in [0.4, 0.5) is 0 Å². The van der Waals surface area contributed by atoms with Crippen molar-refractivity contribution in [2.45, 2.75) is 36.8 Å². The van der Waals surface area contributed by atoms with Gasteiger partial charge >= 0.3 is 0 Å². The number of hydrogen-bond acceptors (Lipinski definition) is 3. The Morgan fingerprint density at radius 3 is 2.79 bits per heavy atom. The van der Waals surface area contributed by atoms with Gasteiger partial charge in [0.1, 0.15) is 5.60 Å². The number of rotatable bonds is 1. The van der Waals surface area contributed by atoms with Gasteiger partial charge in [0.15, 0.2) is 0 Å². The van der Waals surface area contributed by atoms with Crippen molar-refractivity contribution in [3.05, 3.63) is 0 Å². The fraction of sp³-hybridized carbons (Fsp3) is 0.900. The minimum atomic E-state index is -0.754. The van der Waals surface area contributed by atoms with Crippen LogP contribution in [0.1, 0.15) is 25.7 Å². The molecule has 1 atom stereocenters. The molecule has 3 aliphatic rings. The van der Waals surface area contributed by atoms with Gasteiger partial charge in [0, 0.05) is 13.0 Å². The molecule has 4 heteroatoms. The van der Waals surface area contributed by atoms with Gasteiger partial charge in [-0.15, -0.1) is 0 Å². The standard InChI is InChI=1S/C10H15NO3/c12-8-2-4-9(3-1-5-11(8)9)10(13)6-14-7-10/h13H,1-7H2. The van der Waals surface area contributed by atoms with E-state index in [9.17, 15) is 9.90 Å². The van der Waals surface area contributed by atoms with Crippen molar-refractivity contribution in [3.8, 4) is 0 Å². The molecule has 0 aromatic carbocycles. The second kappa shape index (κ2) is 2.49. The third kappa shape index (κ3) is 0.792. The lowest BCUT2D eigenvalue weighted by atomic mass is 9.75. The van der Waals surface area contributed by atoms with Crippen molar-refractivity contribution >= 4 is 5.91 Å². The highest BCUT2D eigenvalue weighted by Gasteiger charge is 2.63. The van der Waals surface area contributed by atoms with Gasteiger partial charge in [-0.2, -0.15) is 0 Å². The Labute approximate surface area is 82.8 Å². The maximum absolute atomic E-state index is 11.6. The molecule has 78 valence electrons. The van der Waals surface area contributed by atoms with Crippen LogP contribution in [0, 0.1) is 0 Å². The molecule has 3 rings (SSSR count). The Balaban J connectivity index is 1.97. The van der Waals surface area contributed by atoms with E-state index in [1.165, 1.54) is 0 Å². The first-order chi connectivity index (χ1) is 6.68. The fourth-order valence-corrected chi connectivity index (χ4v) is 3.23. The molecule has 14 heavy (non-hydrogen) atoms. The van der Waals surface area contributed by atoms with E-state index in [0.717, 1.165) is 25.8 Å². The first kappa shape index (κ1) is 8.68. The summed E-state index contributed by atoms with van der Waals surface area (Å²) >= 11 is 0. The molecule has 1 N–H and O–H groups in total. The predicted octanol–water partition coefficient (Wildman–Crippen LogP) is -0.0973. The van der Waals surface area contributed by atoms with Crippen LogP contribution in [0.2, 0.25) is 0 Å². The number of fused-ring (bicyclic) bond motifs is 1. The SMILES string of the molecule is O=C1CCC2(C3(O)COC3)CCCN12. The zero-order valence-electron chi connectivity index (χ0n) is 8.16. The first-order valence-corrected chi connectivity index (χ1v) is 5.29. The van der Waals surface area contributed by atoms with Gasteiger partial charge in [-0.3, -0.25) is 4.79 Å². The van der Waals surface area contributed by atoms with Gasteiger partial charge < -0.3 is 14.7 Å². The molecule has 1 unspecified atom stereocenters. The number of carbonyl (C=O) groups is 1. The molecule has 3 aliphatic heterocycles. The third-order valence-electron chi connectivity index (χ3n) is 4.09. The molecule has 3 fully saturated rings. The Kier molecular flexibility index (Phi) is 1.55. The first-order valence-electron chi connectivity index (χ1n) is 5.29. The molecule has 4 nitrogen and oxygen atoms in total. The lowest BCUT2D eigenvalue weighted by Crippen LogP contribution is -2.69. The van der Waals surface area contributed by atoms with Crippen LogP contribution in [0.15, 0.2) is 0 Å². The quantitative estimate of drug-likeness (QED) is 0.638. The maximum Gasteiger partial charge on any atom is 0.223 e. The smallest absolute Gasteiger partial charge is 0.223 e. The zero-order valence-corrected chi connectivity index (χ0v) is 8.16. The Hall–Kier alpha value is -0.610. The summed E-state index contributed by atoms with van der Waals surface area (Å²) in [4.78, 5) is 13.5. The Bertz CT molecular complexity index is 287. The summed E-state index contributed by atoms with van der Waals surface area (Å²) in [6.07, 6.45) is 3.38. The molecule has 0 aromatic rings. The van der Waals surface area contributed by atoms with Gasteiger partial charge in [-0.05, 0) is 19.3 Å². The van der Waals surface area contributed by atoms with E-state index in [1.807, 2.05) is 4.90 Å². The summed E-state index contributed by atoms with van der Waals surface area (Å²) in [5, 5.41) is 10.4. The van der Waals surface area contributed by atoms with Gasteiger partial charge in [-0.1, -0.05) is 0 Å². The highest BCUT2D eigenvalue weighted by molar-refractivity contribution is 5.80. The highest BCUT2D eigenvalue weighted by Crippen LogP contribution is 2.49. The van der Waals surface area contributed by atoms with Crippen molar-refractivity contribution in [2.24, 2.45) is 0 Å². The van der Waals surface area contributed by atoms with E-state index in [2.05, 4.69) is 0 Å². The molecule has 0 radical (unpaired) electrons. The average molecular weight is 197 g/mol. The van der Waals surface area contributed by atoms with Crippen molar-refractivity contribution in [1.82, 2.24) is 4.90 Å². The van der Waals surface area contributed by atoms with E-state index in [0.29, 0.717) is 19.6 Å². The van der Waals surface area contributed by atoms with E-state index < -0.39 is 5.60 Å². The van der Waals surface area contributed by atoms with Crippen LogP contribution >= 0.6 is 0 Å². The lowest BCUT2D eigenvalue weighted by Gasteiger charge is -2.51. The van der Waals surface area contributed by atoms with Crippen LogP contribution in [0.25, 0.3) is 0 Å². The second-order valence-electron chi connectivity index (χ2n) is 4.70. The van der Waals surface area contributed by atoms with Crippen molar-refractivity contribution in [2.75, 3.05) is 19.8 Å². The predicted molar refractivity (Wildman–Crippen MR) is 48.7 cm³/mol. The highest BCUT2D eigenvalue weighted by atomic mass is 16.5. The molecular weight excluding hydrogens is 182 g/mol. The van der Waals surface area contributed by atoms with E-state index >= 15 is 0 Å². The van der Waals surface area contributed by atoms with Crippen LogP contribution in [-0.4, -0.2) is 46.8 Å². The molecule has 3 heterocycles. The monoisotopic (exact) mass is 197 g/mol. The molecule has 0 spiro atoms. The normalized spacial score (nSPS) is 39.8. The summed E-state index contributed by atoms with van der Waals surface area (Å²) in [6.45, 7) is 1.62. The van der Waals surface area contributed by atoms with E-state index in [4.69, 9.17) is 4.74 Å². The summed E-state index contributed by atoms with van der Waals surface area (Å²) in [7, 11) is 0. The minimum Gasteiger partial charge on any atom is -0.383 e. The topological polar surface area (TPSA) is 49.8 Å². The second-order valence-corrected chi connectivity index (χ2v) is 4.70. The summed E-state index contributed by atoms with van der Waals surface area (Å²) in [5.74, 6) is 0.211. The lowest BCUT2D eigenvalue weighted by molar-refractivity contribution is -0.233. The van der Waals surface area contributed by atoms with Crippen LogP contribution in [0.5, 0.6) is 0 Å². The van der Waals surface area contributed by atoms with Crippen LogP contribution in [0.3, 0.4) is 0 Å². The number of ether oxygens (including phenoxy) is 1. The van der Waals surface area contributed by atoms with Crippen LogP contribution < -0.4 is 0 Å². The largest absolute Gasteiger partial charge is 0.383 e. The van der Waals surface area contributed by atoms with Crippen molar-refractivity contribution in [1.29, 1.82) is 0 Å². The van der Waals surface area contributed by atoms with E-state index in [-0.39, 0.29) is 11.4 Å². The number of nitrogens with zero attached hydrogens (tertiary/aromatic N) is 1. The van der Waals surface area contributed by atoms with E-state index in [1.54, 1.807) is 0 Å². The van der Waals surface area contributed by atoms with Crippen molar-refractivity contribution < 1.29 is 14.6 Å². The van der Waals surface area contributed by atoms with Crippen molar-refractivity contribution in [3.63, 3.8) is 0 Å². The molecule has 1 amide bonds. The number of hydrogen-bond donors (Lipinski definition) is 1. The van der Waals surface area contributed by atoms with Gasteiger partial charge in [0.25, 0.3) is 0 Å². The summed E-state index contributed by atoms with van der Waals surface area (Å²) < 4.78 is 5.10. The average Bonchev–Trinajstić information content (AvgIpc) is 2.65. The summed E-state index contributed by atoms with van der Waals surface area (Å²) in [6, 6.07) is 0. The minimum absolute atomic E-state index is 0.211. The summed E-state index contributed by atoms with van der Waals surface area (Å²) in [5.41, 5.74) is -1.03. The third-order valence-corrected chi connectivity index (χ3v) is 4.09. The molecule has 0 bridgehead atoms. The molecule has 0 aliphatic carbocycles. The molecule has 0 saturated carbocycles. The maximum atomic E-state index is 11.6. The Morgan fingerprint density at radius 1 is 1.36 bits per heavy atom. The molecule has 3 saturated heterocycles. The van der Waals surface area contributed by atoms with Gasteiger partial charge in [0.2, 0.25) is 5.91 Å². The fourth-order valence-electron chi connectivity index (χ4n) is 3.23. The molecule has 0 aromatic heterocycles. The zero-order chi connectivity index (χ0) is 9.81. The number of aliphatic hydroxyl groups is 1. The van der Waals surface area contributed by atoms with Gasteiger partial charge in [-0.25, -0.2) is 0 Å². The number of amides is 1. The number of carbonyl (C=O) groups excluding carboxylic acids is 1. The van der Waals surface area contributed by atoms with Gasteiger partial charge in [0.05, 0.1) is 18.8 Å². The Morgan fingerprint density at radius 2 is 2.14 bits per heavy atom. The van der Waals surface area contributed by atoms with Crippen LogP contribution in [-0.2, 0) is 9.53 Å².